The molecule has 0 atom stereocenters. The lowest BCUT2D eigenvalue weighted by Gasteiger charge is -2.30. The standard InChI is InChI=1S/C23H30N2O3/c1-16(2)19-7-5-6-8-20(19)24-11-9-23(26)25-12-10-17-13-21(27-3)22(28-4)14-18(17)15-25/h5-8,13-14,16,24H,9-12,15H2,1-4H3. The molecule has 150 valence electrons. The van der Waals surface area contributed by atoms with Gasteiger partial charge in [0.2, 0.25) is 5.91 Å². The van der Waals surface area contributed by atoms with Gasteiger partial charge in [-0.2, -0.15) is 0 Å². The van der Waals surface area contributed by atoms with Gasteiger partial charge in [-0.15, -0.1) is 0 Å². The summed E-state index contributed by atoms with van der Waals surface area (Å²) in [5.74, 6) is 2.08. The van der Waals surface area contributed by atoms with Crippen LogP contribution in [0, 0.1) is 0 Å². The van der Waals surface area contributed by atoms with Gasteiger partial charge in [0.15, 0.2) is 11.5 Å². The number of hydrogen-bond acceptors (Lipinski definition) is 4. The summed E-state index contributed by atoms with van der Waals surface area (Å²) in [7, 11) is 3.28. The molecule has 2 aromatic carbocycles. The minimum Gasteiger partial charge on any atom is -0.493 e. The number of carbonyl (C=O) groups excluding carboxylic acids is 1. The van der Waals surface area contributed by atoms with Crippen LogP contribution in [0.5, 0.6) is 11.5 Å². The number of anilines is 1. The molecular weight excluding hydrogens is 352 g/mol. The number of para-hydroxylation sites is 1. The first-order chi connectivity index (χ1) is 13.5. The van der Waals surface area contributed by atoms with Crippen molar-refractivity contribution in [1.29, 1.82) is 0 Å². The van der Waals surface area contributed by atoms with Gasteiger partial charge in [-0.1, -0.05) is 32.0 Å². The van der Waals surface area contributed by atoms with Gasteiger partial charge in [-0.25, -0.2) is 0 Å². The summed E-state index contributed by atoms with van der Waals surface area (Å²) in [5, 5.41) is 3.43. The van der Waals surface area contributed by atoms with Crippen LogP contribution in [-0.2, 0) is 17.8 Å². The van der Waals surface area contributed by atoms with E-state index in [9.17, 15) is 4.79 Å². The molecule has 2 aromatic rings. The van der Waals surface area contributed by atoms with Crippen LogP contribution in [0.25, 0.3) is 0 Å². The van der Waals surface area contributed by atoms with E-state index in [2.05, 4.69) is 37.4 Å². The smallest absolute Gasteiger partial charge is 0.224 e. The van der Waals surface area contributed by atoms with Gasteiger partial charge >= 0.3 is 0 Å². The molecule has 0 fully saturated rings. The van der Waals surface area contributed by atoms with E-state index in [1.807, 2.05) is 23.1 Å². The van der Waals surface area contributed by atoms with Crippen molar-refractivity contribution >= 4 is 11.6 Å². The lowest BCUT2D eigenvalue weighted by Crippen LogP contribution is -2.36. The Hall–Kier alpha value is -2.69. The fourth-order valence-electron chi connectivity index (χ4n) is 3.72. The Morgan fingerprint density at radius 2 is 1.79 bits per heavy atom. The summed E-state index contributed by atoms with van der Waals surface area (Å²) in [6.07, 6.45) is 1.32. The van der Waals surface area contributed by atoms with Gasteiger partial charge in [0.25, 0.3) is 0 Å². The van der Waals surface area contributed by atoms with E-state index in [4.69, 9.17) is 9.47 Å². The van der Waals surface area contributed by atoms with Crippen molar-refractivity contribution in [3.05, 3.63) is 53.1 Å². The summed E-state index contributed by atoms with van der Waals surface area (Å²) in [5.41, 5.74) is 4.76. The van der Waals surface area contributed by atoms with Crippen LogP contribution in [0.1, 0.15) is 42.9 Å². The van der Waals surface area contributed by atoms with E-state index in [0.29, 0.717) is 31.2 Å². The Bertz CT molecular complexity index is 833. The molecule has 1 aliphatic heterocycles. The summed E-state index contributed by atoms with van der Waals surface area (Å²) in [6.45, 7) is 6.36. The van der Waals surface area contributed by atoms with E-state index >= 15 is 0 Å². The van der Waals surface area contributed by atoms with Crippen LogP contribution in [0.15, 0.2) is 36.4 Å². The Labute approximate surface area is 167 Å². The van der Waals surface area contributed by atoms with E-state index in [1.54, 1.807) is 14.2 Å². The van der Waals surface area contributed by atoms with Crippen molar-refractivity contribution in [2.75, 3.05) is 32.6 Å². The molecule has 0 unspecified atom stereocenters. The largest absolute Gasteiger partial charge is 0.493 e. The molecule has 0 aromatic heterocycles. The maximum Gasteiger partial charge on any atom is 0.224 e. The van der Waals surface area contributed by atoms with E-state index in [-0.39, 0.29) is 5.91 Å². The zero-order valence-electron chi connectivity index (χ0n) is 17.2. The van der Waals surface area contributed by atoms with Crippen LogP contribution in [0.2, 0.25) is 0 Å². The minimum atomic E-state index is 0.176. The topological polar surface area (TPSA) is 50.8 Å². The van der Waals surface area contributed by atoms with Gasteiger partial charge in [0.1, 0.15) is 0 Å². The first-order valence-corrected chi connectivity index (χ1v) is 9.87. The Balaban J connectivity index is 1.59. The van der Waals surface area contributed by atoms with Crippen molar-refractivity contribution in [2.24, 2.45) is 0 Å². The van der Waals surface area contributed by atoms with Gasteiger partial charge in [-0.3, -0.25) is 4.79 Å². The fraction of sp³-hybridized carbons (Fsp3) is 0.435. The monoisotopic (exact) mass is 382 g/mol. The first kappa shape index (κ1) is 20.1. The number of hydrogen-bond donors (Lipinski definition) is 1. The third-order valence-corrected chi connectivity index (χ3v) is 5.31. The molecule has 1 aliphatic rings. The molecule has 0 saturated carbocycles. The number of nitrogens with zero attached hydrogens (tertiary/aromatic N) is 1. The summed E-state index contributed by atoms with van der Waals surface area (Å²) < 4.78 is 10.8. The van der Waals surface area contributed by atoms with Crippen molar-refractivity contribution in [1.82, 2.24) is 4.90 Å². The molecule has 5 nitrogen and oxygen atoms in total. The molecule has 1 amide bonds. The molecule has 1 N–H and O–H groups in total. The van der Waals surface area contributed by atoms with Crippen LogP contribution in [-0.4, -0.2) is 38.1 Å². The van der Waals surface area contributed by atoms with Crippen molar-refractivity contribution in [3.8, 4) is 11.5 Å². The second-order valence-electron chi connectivity index (χ2n) is 7.46. The quantitative estimate of drug-likeness (QED) is 0.779. The van der Waals surface area contributed by atoms with Gasteiger partial charge in [-0.05, 0) is 47.2 Å². The van der Waals surface area contributed by atoms with Gasteiger partial charge < -0.3 is 19.7 Å². The summed E-state index contributed by atoms with van der Waals surface area (Å²) >= 11 is 0. The molecule has 0 saturated heterocycles. The molecule has 28 heavy (non-hydrogen) atoms. The Morgan fingerprint density at radius 3 is 2.46 bits per heavy atom. The highest BCUT2D eigenvalue weighted by Gasteiger charge is 2.22. The minimum absolute atomic E-state index is 0.176. The van der Waals surface area contributed by atoms with Gasteiger partial charge in [0, 0.05) is 31.7 Å². The normalized spacial score (nSPS) is 13.2. The zero-order valence-corrected chi connectivity index (χ0v) is 17.2. The van der Waals surface area contributed by atoms with Crippen LogP contribution in [0.3, 0.4) is 0 Å². The second-order valence-corrected chi connectivity index (χ2v) is 7.46. The van der Waals surface area contributed by atoms with Crippen molar-refractivity contribution < 1.29 is 14.3 Å². The summed E-state index contributed by atoms with van der Waals surface area (Å²) in [6, 6.07) is 12.3. The molecular formula is C23H30N2O3. The summed E-state index contributed by atoms with van der Waals surface area (Å²) in [4.78, 5) is 14.7. The van der Waals surface area contributed by atoms with E-state index < -0.39 is 0 Å². The first-order valence-electron chi connectivity index (χ1n) is 9.87. The molecule has 1 heterocycles. The Morgan fingerprint density at radius 1 is 1.11 bits per heavy atom. The molecule has 5 heteroatoms. The average Bonchev–Trinajstić information content (AvgIpc) is 2.72. The van der Waals surface area contributed by atoms with E-state index in [1.165, 1.54) is 11.1 Å². The number of rotatable bonds is 7. The van der Waals surface area contributed by atoms with Crippen molar-refractivity contribution in [2.45, 2.75) is 39.2 Å². The SMILES string of the molecule is COc1cc2c(cc1OC)CN(C(=O)CCNc1ccccc1C(C)C)CC2. The fourth-order valence-corrected chi connectivity index (χ4v) is 3.72. The number of carbonyl (C=O) groups is 1. The zero-order chi connectivity index (χ0) is 20.1. The molecule has 3 rings (SSSR count). The number of nitrogens with one attached hydrogen (secondary N) is 1. The highest BCUT2D eigenvalue weighted by Crippen LogP contribution is 2.33. The molecule has 0 bridgehead atoms. The average molecular weight is 383 g/mol. The predicted molar refractivity (Wildman–Crippen MR) is 112 cm³/mol. The van der Waals surface area contributed by atoms with Crippen LogP contribution in [0.4, 0.5) is 5.69 Å². The maximum absolute atomic E-state index is 12.7. The highest BCUT2D eigenvalue weighted by atomic mass is 16.5. The predicted octanol–water partition coefficient (Wildman–Crippen LogP) is 4.21. The number of amides is 1. The number of benzene rings is 2. The van der Waals surface area contributed by atoms with Gasteiger partial charge in [0.05, 0.1) is 14.2 Å². The lowest BCUT2D eigenvalue weighted by molar-refractivity contribution is -0.131. The number of ether oxygens (including phenoxy) is 2. The molecule has 0 spiro atoms. The third kappa shape index (κ3) is 4.41. The second kappa shape index (κ2) is 9.00. The van der Waals surface area contributed by atoms with Crippen LogP contribution >= 0.6 is 0 Å². The number of methoxy groups -OCH3 is 2. The Kier molecular flexibility index (Phi) is 6.45. The number of fused-ring (bicyclic) bond motifs is 1. The molecule has 0 radical (unpaired) electrons. The maximum atomic E-state index is 12.7. The van der Waals surface area contributed by atoms with Crippen molar-refractivity contribution in [3.63, 3.8) is 0 Å². The molecule has 0 aliphatic carbocycles. The highest BCUT2D eigenvalue weighted by molar-refractivity contribution is 5.77. The van der Waals surface area contributed by atoms with E-state index in [0.717, 1.165) is 30.0 Å². The van der Waals surface area contributed by atoms with Crippen LogP contribution < -0.4 is 14.8 Å². The third-order valence-electron chi connectivity index (χ3n) is 5.31. The lowest BCUT2D eigenvalue weighted by atomic mass is 9.98.